The molecule has 9 heteroatoms. The van der Waals surface area contributed by atoms with Gasteiger partial charge in [-0.05, 0) is 12.1 Å². The summed E-state index contributed by atoms with van der Waals surface area (Å²) in [6.45, 7) is 0. The largest absolute Gasteiger partial charge is 0.281 e. The average Bonchev–Trinajstić information content (AvgIpc) is 2.86. The van der Waals surface area contributed by atoms with E-state index >= 15 is 0 Å². The second-order valence-corrected chi connectivity index (χ2v) is 5.44. The number of benzene rings is 1. The van der Waals surface area contributed by atoms with Crippen LogP contribution in [0.15, 0.2) is 24.5 Å². The van der Waals surface area contributed by atoms with Crippen LogP contribution < -0.4 is 0 Å². The second-order valence-electron chi connectivity index (χ2n) is 4.03. The Morgan fingerprint density at radius 1 is 1.19 bits per heavy atom. The third kappa shape index (κ3) is 2.32. The Morgan fingerprint density at radius 2 is 1.90 bits per heavy atom. The minimum Gasteiger partial charge on any atom is -0.258 e. The third-order valence-electron chi connectivity index (χ3n) is 2.77. The first-order chi connectivity index (χ1) is 9.97. The summed E-state index contributed by atoms with van der Waals surface area (Å²) in [5, 5.41) is 11.2. The van der Waals surface area contributed by atoms with Crippen LogP contribution in [0, 0.1) is 21.7 Å². The normalized spacial score (nSPS) is 11.0. The maximum absolute atomic E-state index is 13.4. The molecular formula is C12H4ClF2N3O2S. The predicted octanol–water partition coefficient (Wildman–Crippen LogP) is 4.20. The van der Waals surface area contributed by atoms with Crippen molar-refractivity contribution < 1.29 is 13.7 Å². The van der Waals surface area contributed by atoms with Gasteiger partial charge in [-0.3, -0.25) is 10.1 Å². The number of fused-ring (bicyclic) bond motifs is 1. The molecule has 5 nitrogen and oxygen atoms in total. The maximum atomic E-state index is 13.4. The van der Waals surface area contributed by atoms with Gasteiger partial charge in [-0.15, -0.1) is 11.3 Å². The van der Waals surface area contributed by atoms with Gasteiger partial charge in [0.2, 0.25) is 0 Å². The Hall–Kier alpha value is -2.19. The Labute approximate surface area is 125 Å². The summed E-state index contributed by atoms with van der Waals surface area (Å²) in [4.78, 5) is 18.4. The van der Waals surface area contributed by atoms with Gasteiger partial charge in [0.25, 0.3) is 5.69 Å². The molecule has 3 aromatic rings. The highest BCUT2D eigenvalue weighted by atomic mass is 35.5. The van der Waals surface area contributed by atoms with Crippen molar-refractivity contribution in [2.75, 3.05) is 0 Å². The number of halogens is 3. The quantitative estimate of drug-likeness (QED) is 0.402. The first-order valence-electron chi connectivity index (χ1n) is 5.51. The first-order valence-corrected chi connectivity index (χ1v) is 6.70. The molecule has 0 aliphatic carbocycles. The van der Waals surface area contributed by atoms with Gasteiger partial charge >= 0.3 is 0 Å². The van der Waals surface area contributed by atoms with Crippen LogP contribution in [0.25, 0.3) is 20.7 Å². The molecule has 2 aromatic heterocycles. The number of hydrogen-bond donors (Lipinski definition) is 0. The number of nitro groups is 1. The highest BCUT2D eigenvalue weighted by Gasteiger charge is 2.22. The van der Waals surface area contributed by atoms with Gasteiger partial charge in [0.15, 0.2) is 11.6 Å². The minimum absolute atomic E-state index is 0.0297. The molecule has 0 bridgehead atoms. The van der Waals surface area contributed by atoms with E-state index in [1.165, 1.54) is 12.4 Å². The number of nitrogens with zero attached hydrogens (tertiary/aromatic N) is 3. The molecule has 21 heavy (non-hydrogen) atoms. The van der Waals surface area contributed by atoms with Crippen molar-refractivity contribution in [3.63, 3.8) is 0 Å². The van der Waals surface area contributed by atoms with Crippen LogP contribution in [-0.4, -0.2) is 14.9 Å². The van der Waals surface area contributed by atoms with Gasteiger partial charge in [0, 0.05) is 4.88 Å². The van der Waals surface area contributed by atoms with Crippen molar-refractivity contribution in [2.45, 2.75) is 0 Å². The molecule has 106 valence electrons. The summed E-state index contributed by atoms with van der Waals surface area (Å²) in [5.41, 5.74) is -0.0727. The van der Waals surface area contributed by atoms with Crippen LogP contribution >= 0.6 is 22.9 Å². The molecule has 0 fully saturated rings. The monoisotopic (exact) mass is 327 g/mol. The van der Waals surface area contributed by atoms with Crippen LogP contribution in [0.4, 0.5) is 14.5 Å². The van der Waals surface area contributed by atoms with Gasteiger partial charge in [-0.2, -0.15) is 0 Å². The fourth-order valence-corrected chi connectivity index (χ4v) is 3.12. The van der Waals surface area contributed by atoms with E-state index in [0.717, 1.165) is 17.4 Å². The number of rotatable bonds is 2. The number of hydrogen-bond acceptors (Lipinski definition) is 5. The van der Waals surface area contributed by atoms with E-state index in [2.05, 4.69) is 9.97 Å². The van der Waals surface area contributed by atoms with Crippen LogP contribution in [0.2, 0.25) is 5.15 Å². The lowest BCUT2D eigenvalue weighted by Crippen LogP contribution is -1.95. The molecule has 0 radical (unpaired) electrons. The van der Waals surface area contributed by atoms with Gasteiger partial charge in [0.1, 0.15) is 11.5 Å². The molecule has 1 aromatic carbocycles. The van der Waals surface area contributed by atoms with Crippen molar-refractivity contribution in [1.29, 1.82) is 0 Å². The molecule has 0 amide bonds. The molecule has 3 rings (SSSR count). The number of nitro benzene ring substituents is 1. The van der Waals surface area contributed by atoms with Crippen LogP contribution in [-0.2, 0) is 0 Å². The van der Waals surface area contributed by atoms with Crippen LogP contribution in [0.3, 0.4) is 0 Å². The molecule has 0 saturated heterocycles. The highest BCUT2D eigenvalue weighted by Crippen LogP contribution is 2.40. The minimum atomic E-state index is -1.27. The van der Waals surface area contributed by atoms with E-state index in [-0.39, 0.29) is 10.7 Å². The zero-order valence-electron chi connectivity index (χ0n) is 10.0. The number of aromatic nitrogens is 2. The van der Waals surface area contributed by atoms with Gasteiger partial charge in [0.05, 0.1) is 26.8 Å². The van der Waals surface area contributed by atoms with Crippen molar-refractivity contribution >= 4 is 38.8 Å². The molecule has 0 unspecified atom stereocenters. The van der Waals surface area contributed by atoms with Gasteiger partial charge in [-0.25, -0.2) is 18.7 Å². The van der Waals surface area contributed by atoms with Gasteiger partial charge < -0.3 is 0 Å². The summed E-state index contributed by atoms with van der Waals surface area (Å²) < 4.78 is 27.1. The molecule has 0 spiro atoms. The summed E-state index contributed by atoms with van der Waals surface area (Å²) in [5.74, 6) is -2.44. The Balaban J connectivity index is 2.29. The van der Waals surface area contributed by atoms with Crippen molar-refractivity contribution in [3.05, 3.63) is 51.4 Å². The smallest absolute Gasteiger partial charge is 0.258 e. The Kier molecular flexibility index (Phi) is 3.26. The lowest BCUT2D eigenvalue weighted by molar-refractivity contribution is -0.384. The second kappa shape index (κ2) is 4.97. The fraction of sp³-hybridized carbons (Fsp3) is 0. The standard InChI is InChI=1S/C12H4ClF2N3O2S/c13-12-11-8(16-4-17-12)3-10(21-11)5-1-6(14)7(15)2-9(5)18(19)20/h1-4H. The van der Waals surface area contributed by atoms with E-state index in [0.29, 0.717) is 21.2 Å². The average molecular weight is 328 g/mol. The fourth-order valence-electron chi connectivity index (χ4n) is 1.84. The Bertz CT molecular complexity index is 884. The van der Waals surface area contributed by atoms with Crippen molar-refractivity contribution in [1.82, 2.24) is 9.97 Å². The van der Waals surface area contributed by atoms with E-state index < -0.39 is 22.2 Å². The summed E-state index contributed by atoms with van der Waals surface area (Å²) in [6, 6.07) is 2.87. The molecule has 0 saturated carbocycles. The summed E-state index contributed by atoms with van der Waals surface area (Å²) in [7, 11) is 0. The molecule has 2 heterocycles. The van der Waals surface area contributed by atoms with Crippen LogP contribution in [0.1, 0.15) is 0 Å². The SMILES string of the molecule is O=[N+]([O-])c1cc(F)c(F)cc1-c1cc2ncnc(Cl)c2s1. The lowest BCUT2D eigenvalue weighted by Gasteiger charge is -2.01. The Morgan fingerprint density at radius 3 is 2.57 bits per heavy atom. The topological polar surface area (TPSA) is 68.9 Å². The molecule has 0 aliphatic heterocycles. The van der Waals surface area contributed by atoms with Crippen molar-refractivity contribution in [2.24, 2.45) is 0 Å². The molecular weight excluding hydrogens is 324 g/mol. The predicted molar refractivity (Wildman–Crippen MR) is 74.4 cm³/mol. The zero-order valence-corrected chi connectivity index (χ0v) is 11.6. The van der Waals surface area contributed by atoms with E-state index in [9.17, 15) is 18.9 Å². The highest BCUT2D eigenvalue weighted by molar-refractivity contribution is 7.22. The van der Waals surface area contributed by atoms with E-state index in [4.69, 9.17) is 11.6 Å². The number of thiophene rings is 1. The van der Waals surface area contributed by atoms with E-state index in [1.54, 1.807) is 0 Å². The summed E-state index contributed by atoms with van der Waals surface area (Å²) in [6.07, 6.45) is 1.25. The third-order valence-corrected chi connectivity index (χ3v) is 4.33. The summed E-state index contributed by atoms with van der Waals surface area (Å²) >= 11 is 6.98. The molecule has 0 N–H and O–H groups in total. The van der Waals surface area contributed by atoms with Crippen LogP contribution in [0.5, 0.6) is 0 Å². The van der Waals surface area contributed by atoms with Crippen molar-refractivity contribution in [3.8, 4) is 10.4 Å². The molecule has 0 aliphatic rings. The lowest BCUT2D eigenvalue weighted by atomic mass is 10.1. The zero-order chi connectivity index (χ0) is 15.1. The van der Waals surface area contributed by atoms with E-state index in [1.807, 2.05) is 0 Å². The molecule has 0 atom stereocenters. The van der Waals surface area contributed by atoms with Gasteiger partial charge in [-0.1, -0.05) is 11.6 Å². The first kappa shape index (κ1) is 13.8. The maximum Gasteiger partial charge on any atom is 0.281 e.